The molecule has 2 heteroatoms. The molecular formula is C19H32N2. The highest BCUT2D eigenvalue weighted by molar-refractivity contribution is 5.50. The molecular weight excluding hydrogens is 256 g/mol. The molecule has 0 aliphatic heterocycles. The maximum Gasteiger partial charge on any atom is 0.0369 e. The van der Waals surface area contributed by atoms with Crippen molar-refractivity contribution >= 4 is 5.69 Å². The van der Waals surface area contributed by atoms with Gasteiger partial charge in [-0.25, -0.2) is 0 Å². The van der Waals surface area contributed by atoms with Crippen molar-refractivity contribution in [3.05, 3.63) is 29.3 Å². The SMILES string of the molecule is CCNC(CN(C)c1cc(C)cc(C)c1)C1CCCCC1. The number of nitrogens with one attached hydrogen (secondary N) is 1. The van der Waals surface area contributed by atoms with E-state index in [1.54, 1.807) is 0 Å². The lowest BCUT2D eigenvalue weighted by Gasteiger charge is -2.34. The van der Waals surface area contributed by atoms with Gasteiger partial charge in [-0.3, -0.25) is 0 Å². The third-order valence-electron chi connectivity index (χ3n) is 4.80. The molecule has 0 spiro atoms. The summed E-state index contributed by atoms with van der Waals surface area (Å²) in [5, 5.41) is 3.74. The average molecular weight is 288 g/mol. The lowest BCUT2D eigenvalue weighted by molar-refractivity contribution is 0.273. The lowest BCUT2D eigenvalue weighted by Crippen LogP contribution is -2.45. The zero-order valence-corrected chi connectivity index (χ0v) is 14.3. The molecule has 1 unspecified atom stereocenters. The zero-order valence-electron chi connectivity index (χ0n) is 14.3. The van der Waals surface area contributed by atoms with Gasteiger partial charge in [-0.1, -0.05) is 32.3 Å². The average Bonchev–Trinajstić information content (AvgIpc) is 2.46. The van der Waals surface area contributed by atoms with E-state index in [0.717, 1.165) is 19.0 Å². The molecule has 2 rings (SSSR count). The van der Waals surface area contributed by atoms with Crippen molar-refractivity contribution in [2.75, 3.05) is 25.0 Å². The molecule has 21 heavy (non-hydrogen) atoms. The van der Waals surface area contributed by atoms with Gasteiger partial charge in [-0.15, -0.1) is 0 Å². The highest BCUT2D eigenvalue weighted by Gasteiger charge is 2.24. The number of aryl methyl sites for hydroxylation is 2. The molecule has 1 aliphatic carbocycles. The maximum absolute atomic E-state index is 3.74. The second-order valence-corrected chi connectivity index (χ2v) is 6.79. The third-order valence-corrected chi connectivity index (χ3v) is 4.80. The molecule has 1 atom stereocenters. The zero-order chi connectivity index (χ0) is 15.2. The number of likely N-dealkylation sites (N-methyl/N-ethyl adjacent to an activating group) is 2. The van der Waals surface area contributed by atoms with Crippen LogP contribution >= 0.6 is 0 Å². The number of hydrogen-bond donors (Lipinski definition) is 1. The van der Waals surface area contributed by atoms with Crippen molar-refractivity contribution in [3.8, 4) is 0 Å². The highest BCUT2D eigenvalue weighted by Crippen LogP contribution is 2.28. The molecule has 1 aromatic carbocycles. The molecule has 0 saturated heterocycles. The molecule has 2 nitrogen and oxygen atoms in total. The van der Waals surface area contributed by atoms with E-state index >= 15 is 0 Å². The molecule has 1 saturated carbocycles. The summed E-state index contributed by atoms with van der Waals surface area (Å²) in [6, 6.07) is 7.48. The second kappa shape index (κ2) is 7.84. The summed E-state index contributed by atoms with van der Waals surface area (Å²) >= 11 is 0. The first-order valence-corrected chi connectivity index (χ1v) is 8.63. The first-order valence-electron chi connectivity index (χ1n) is 8.63. The van der Waals surface area contributed by atoms with E-state index in [1.807, 2.05) is 0 Å². The van der Waals surface area contributed by atoms with Crippen LogP contribution in [0.3, 0.4) is 0 Å². The van der Waals surface area contributed by atoms with Crippen LogP contribution < -0.4 is 10.2 Å². The first-order chi connectivity index (χ1) is 10.1. The highest BCUT2D eigenvalue weighted by atomic mass is 15.1. The fraction of sp³-hybridized carbons (Fsp3) is 0.684. The van der Waals surface area contributed by atoms with Gasteiger partial charge in [-0.2, -0.15) is 0 Å². The normalized spacial score (nSPS) is 17.7. The van der Waals surface area contributed by atoms with Gasteiger partial charge in [-0.05, 0) is 62.4 Å². The molecule has 1 aromatic rings. The van der Waals surface area contributed by atoms with Crippen molar-refractivity contribution in [1.82, 2.24) is 5.32 Å². The van der Waals surface area contributed by atoms with Crippen molar-refractivity contribution in [3.63, 3.8) is 0 Å². The summed E-state index contributed by atoms with van der Waals surface area (Å²) in [7, 11) is 2.24. The van der Waals surface area contributed by atoms with E-state index < -0.39 is 0 Å². The molecule has 118 valence electrons. The molecule has 0 amide bonds. The molecule has 0 radical (unpaired) electrons. The summed E-state index contributed by atoms with van der Waals surface area (Å²) in [4.78, 5) is 2.43. The van der Waals surface area contributed by atoms with Gasteiger partial charge < -0.3 is 10.2 Å². The number of nitrogens with zero attached hydrogens (tertiary/aromatic N) is 1. The van der Waals surface area contributed by atoms with E-state index in [-0.39, 0.29) is 0 Å². The second-order valence-electron chi connectivity index (χ2n) is 6.79. The van der Waals surface area contributed by atoms with E-state index in [9.17, 15) is 0 Å². The van der Waals surface area contributed by atoms with Crippen molar-refractivity contribution in [2.45, 2.75) is 58.9 Å². The maximum atomic E-state index is 3.74. The largest absolute Gasteiger partial charge is 0.373 e. The molecule has 0 aromatic heterocycles. The van der Waals surface area contributed by atoms with Crippen LogP contribution in [0.25, 0.3) is 0 Å². The minimum Gasteiger partial charge on any atom is -0.373 e. The Morgan fingerprint density at radius 3 is 2.29 bits per heavy atom. The van der Waals surface area contributed by atoms with Gasteiger partial charge in [0, 0.05) is 25.3 Å². The molecule has 1 N–H and O–H groups in total. The topological polar surface area (TPSA) is 15.3 Å². The fourth-order valence-corrected chi connectivity index (χ4v) is 3.75. The van der Waals surface area contributed by atoms with Crippen LogP contribution in [0.2, 0.25) is 0 Å². The standard InChI is InChI=1S/C19H32N2/c1-5-20-19(17-9-7-6-8-10-17)14-21(4)18-12-15(2)11-16(3)13-18/h11-13,17,19-20H,5-10,14H2,1-4H3. The van der Waals surface area contributed by atoms with Crippen LogP contribution in [0.5, 0.6) is 0 Å². The third kappa shape index (κ3) is 4.74. The summed E-state index contributed by atoms with van der Waals surface area (Å²) in [5.41, 5.74) is 4.07. The Labute approximate surface area is 130 Å². The van der Waals surface area contributed by atoms with E-state index in [4.69, 9.17) is 0 Å². The molecule has 1 fully saturated rings. The molecule has 0 heterocycles. The summed E-state index contributed by atoms with van der Waals surface area (Å²) in [6.07, 6.45) is 7.07. The number of anilines is 1. The summed E-state index contributed by atoms with van der Waals surface area (Å²) < 4.78 is 0. The number of benzene rings is 1. The van der Waals surface area contributed by atoms with Crippen LogP contribution in [0.4, 0.5) is 5.69 Å². The minimum absolute atomic E-state index is 0.626. The predicted octanol–water partition coefficient (Wildman–Crippen LogP) is 4.30. The van der Waals surface area contributed by atoms with E-state index in [2.05, 4.69) is 56.2 Å². The Morgan fingerprint density at radius 1 is 1.10 bits per heavy atom. The Hall–Kier alpha value is -1.02. The lowest BCUT2D eigenvalue weighted by atomic mass is 9.83. The Bertz CT molecular complexity index is 415. The fourth-order valence-electron chi connectivity index (χ4n) is 3.75. The van der Waals surface area contributed by atoms with Gasteiger partial charge in [0.1, 0.15) is 0 Å². The van der Waals surface area contributed by atoms with E-state index in [1.165, 1.54) is 48.9 Å². The van der Waals surface area contributed by atoms with Gasteiger partial charge in [0.05, 0.1) is 0 Å². The Morgan fingerprint density at radius 2 is 1.71 bits per heavy atom. The smallest absolute Gasteiger partial charge is 0.0369 e. The first kappa shape index (κ1) is 16.4. The monoisotopic (exact) mass is 288 g/mol. The van der Waals surface area contributed by atoms with Crippen LogP contribution in [0.15, 0.2) is 18.2 Å². The van der Waals surface area contributed by atoms with Gasteiger partial charge in [0.2, 0.25) is 0 Å². The Kier molecular flexibility index (Phi) is 6.10. The van der Waals surface area contributed by atoms with Crippen molar-refractivity contribution in [2.24, 2.45) is 5.92 Å². The van der Waals surface area contributed by atoms with Crippen molar-refractivity contribution in [1.29, 1.82) is 0 Å². The van der Waals surface area contributed by atoms with Crippen LogP contribution in [-0.2, 0) is 0 Å². The Balaban J connectivity index is 2.04. The van der Waals surface area contributed by atoms with Crippen molar-refractivity contribution < 1.29 is 0 Å². The minimum atomic E-state index is 0.626. The molecule has 1 aliphatic rings. The number of rotatable bonds is 6. The molecule has 0 bridgehead atoms. The quantitative estimate of drug-likeness (QED) is 0.839. The number of hydrogen-bond acceptors (Lipinski definition) is 2. The van der Waals surface area contributed by atoms with Crippen LogP contribution in [0, 0.1) is 19.8 Å². The van der Waals surface area contributed by atoms with Gasteiger partial charge in [0.25, 0.3) is 0 Å². The summed E-state index contributed by atoms with van der Waals surface area (Å²) in [5.74, 6) is 0.854. The van der Waals surface area contributed by atoms with Gasteiger partial charge >= 0.3 is 0 Å². The van der Waals surface area contributed by atoms with Crippen LogP contribution in [0.1, 0.15) is 50.2 Å². The van der Waals surface area contributed by atoms with Gasteiger partial charge in [0.15, 0.2) is 0 Å². The van der Waals surface area contributed by atoms with Crippen LogP contribution in [-0.4, -0.2) is 26.2 Å². The predicted molar refractivity (Wildman–Crippen MR) is 93.2 cm³/mol. The summed E-state index contributed by atoms with van der Waals surface area (Å²) in [6.45, 7) is 8.79. The van der Waals surface area contributed by atoms with E-state index in [0.29, 0.717) is 6.04 Å².